The Kier molecular flexibility index (Phi) is 3.29. The van der Waals surface area contributed by atoms with Crippen LogP contribution in [0.4, 0.5) is 5.13 Å². The fourth-order valence-electron chi connectivity index (χ4n) is 1.53. The van der Waals surface area contributed by atoms with E-state index < -0.39 is 0 Å². The molecule has 0 N–H and O–H groups in total. The molecule has 1 aliphatic rings. The molecule has 2 rings (SSSR count). The van der Waals surface area contributed by atoms with E-state index in [4.69, 9.17) is 11.6 Å². The highest BCUT2D eigenvalue weighted by molar-refractivity contribution is 7.14. The van der Waals surface area contributed by atoms with Crippen molar-refractivity contribution in [2.75, 3.05) is 11.4 Å². The molecule has 0 bridgehead atoms. The number of aromatic nitrogens is 1. The van der Waals surface area contributed by atoms with Gasteiger partial charge in [-0.1, -0.05) is 24.9 Å². The van der Waals surface area contributed by atoms with Crippen LogP contribution in [0, 0.1) is 0 Å². The van der Waals surface area contributed by atoms with E-state index in [2.05, 4.69) is 16.8 Å². The number of anilines is 1. The summed E-state index contributed by atoms with van der Waals surface area (Å²) in [5.74, 6) is 0. The average Bonchev–Trinajstić information content (AvgIpc) is 2.91. The first kappa shape index (κ1) is 10.2. The second-order valence-corrected chi connectivity index (χ2v) is 4.95. The Bertz CT molecular complexity index is 296. The summed E-state index contributed by atoms with van der Waals surface area (Å²) in [6.45, 7) is 3.35. The molecule has 0 aromatic carbocycles. The first-order valence-electron chi connectivity index (χ1n) is 5.19. The molecular formula is C10H15ClN2S. The largest absolute Gasteiger partial charge is 0.345 e. The maximum atomic E-state index is 5.84. The normalized spacial score (nSPS) is 15.9. The predicted octanol–water partition coefficient (Wildman–Crippen LogP) is 3.57. The van der Waals surface area contributed by atoms with Crippen molar-refractivity contribution in [3.8, 4) is 0 Å². The maximum absolute atomic E-state index is 5.84. The molecule has 78 valence electrons. The third kappa shape index (κ3) is 2.39. The van der Waals surface area contributed by atoms with Crippen molar-refractivity contribution in [3.63, 3.8) is 0 Å². The highest BCUT2D eigenvalue weighted by Gasteiger charge is 2.30. The van der Waals surface area contributed by atoms with Crippen LogP contribution < -0.4 is 4.90 Å². The van der Waals surface area contributed by atoms with Gasteiger partial charge in [0, 0.05) is 18.0 Å². The number of hydrogen-bond donors (Lipinski definition) is 0. The Morgan fingerprint density at radius 2 is 2.43 bits per heavy atom. The molecule has 1 aromatic heterocycles. The minimum absolute atomic E-state index is 0.632. The first-order valence-corrected chi connectivity index (χ1v) is 6.44. The number of halogens is 1. The smallest absolute Gasteiger partial charge is 0.186 e. The van der Waals surface area contributed by atoms with E-state index >= 15 is 0 Å². The van der Waals surface area contributed by atoms with Gasteiger partial charge in [0.15, 0.2) is 5.13 Å². The van der Waals surface area contributed by atoms with Crippen molar-refractivity contribution in [2.45, 2.75) is 38.6 Å². The number of nitrogens with zero attached hydrogens (tertiary/aromatic N) is 2. The van der Waals surface area contributed by atoms with Crippen LogP contribution in [0.5, 0.6) is 0 Å². The molecule has 0 atom stereocenters. The summed E-state index contributed by atoms with van der Waals surface area (Å²) < 4.78 is 0. The van der Waals surface area contributed by atoms with E-state index in [1.54, 1.807) is 11.3 Å². The summed E-state index contributed by atoms with van der Waals surface area (Å²) in [6, 6.07) is 0.740. The molecule has 1 saturated carbocycles. The molecule has 1 aromatic rings. The van der Waals surface area contributed by atoms with Crippen LogP contribution in [0.1, 0.15) is 32.6 Å². The van der Waals surface area contributed by atoms with Gasteiger partial charge in [0.25, 0.3) is 0 Å². The van der Waals surface area contributed by atoms with E-state index in [1.165, 1.54) is 25.7 Å². The average molecular weight is 231 g/mol. The minimum atomic E-state index is 0.632. The number of unbranched alkanes of at least 4 members (excludes halogenated alkanes) is 1. The van der Waals surface area contributed by atoms with Crippen LogP contribution in [-0.2, 0) is 0 Å². The fourth-order valence-corrected chi connectivity index (χ4v) is 2.57. The van der Waals surface area contributed by atoms with Gasteiger partial charge in [-0.05, 0) is 19.3 Å². The van der Waals surface area contributed by atoms with Gasteiger partial charge in [0.1, 0.15) is 5.15 Å². The molecule has 0 aliphatic heterocycles. The summed E-state index contributed by atoms with van der Waals surface area (Å²) >= 11 is 7.50. The van der Waals surface area contributed by atoms with Crippen molar-refractivity contribution in [3.05, 3.63) is 10.5 Å². The summed E-state index contributed by atoms with van der Waals surface area (Å²) in [5.41, 5.74) is 0. The lowest BCUT2D eigenvalue weighted by Crippen LogP contribution is -2.26. The van der Waals surface area contributed by atoms with Gasteiger partial charge >= 0.3 is 0 Å². The van der Waals surface area contributed by atoms with E-state index in [1.807, 2.05) is 5.38 Å². The van der Waals surface area contributed by atoms with Gasteiger partial charge in [-0.2, -0.15) is 0 Å². The van der Waals surface area contributed by atoms with Crippen LogP contribution in [-0.4, -0.2) is 17.6 Å². The number of hydrogen-bond acceptors (Lipinski definition) is 3. The van der Waals surface area contributed by atoms with Gasteiger partial charge in [0.05, 0.1) is 0 Å². The molecule has 0 unspecified atom stereocenters. The summed E-state index contributed by atoms with van der Waals surface area (Å²) in [5, 5.41) is 3.65. The van der Waals surface area contributed by atoms with Crippen LogP contribution >= 0.6 is 22.9 Å². The van der Waals surface area contributed by atoms with Crippen LogP contribution in [0.3, 0.4) is 0 Å². The Labute approximate surface area is 93.9 Å². The van der Waals surface area contributed by atoms with Crippen molar-refractivity contribution in [1.29, 1.82) is 0 Å². The second kappa shape index (κ2) is 4.49. The zero-order chi connectivity index (χ0) is 9.97. The maximum Gasteiger partial charge on any atom is 0.186 e. The topological polar surface area (TPSA) is 16.1 Å². The Morgan fingerprint density at radius 1 is 1.64 bits per heavy atom. The van der Waals surface area contributed by atoms with E-state index in [-0.39, 0.29) is 0 Å². The van der Waals surface area contributed by atoms with E-state index in [0.717, 1.165) is 17.7 Å². The molecule has 1 heterocycles. The van der Waals surface area contributed by atoms with Crippen molar-refractivity contribution >= 4 is 28.1 Å². The standard InChI is InChI=1S/C10H15ClN2S/c1-2-3-6-13(8-4-5-8)10-12-9(11)7-14-10/h7-8H,2-6H2,1H3. The van der Waals surface area contributed by atoms with Gasteiger partial charge in [-0.3, -0.25) is 0 Å². The van der Waals surface area contributed by atoms with Crippen molar-refractivity contribution in [1.82, 2.24) is 4.98 Å². The van der Waals surface area contributed by atoms with Crippen molar-refractivity contribution in [2.24, 2.45) is 0 Å². The van der Waals surface area contributed by atoms with Gasteiger partial charge < -0.3 is 4.90 Å². The van der Waals surface area contributed by atoms with Gasteiger partial charge in [0.2, 0.25) is 0 Å². The second-order valence-electron chi connectivity index (χ2n) is 3.73. The molecule has 0 saturated heterocycles. The molecular weight excluding hydrogens is 216 g/mol. The quantitative estimate of drug-likeness (QED) is 0.769. The molecule has 1 fully saturated rings. The fraction of sp³-hybridized carbons (Fsp3) is 0.700. The molecule has 0 amide bonds. The molecule has 4 heteroatoms. The first-order chi connectivity index (χ1) is 6.81. The monoisotopic (exact) mass is 230 g/mol. The summed E-state index contributed by atoms with van der Waals surface area (Å²) in [7, 11) is 0. The molecule has 0 radical (unpaired) electrons. The van der Waals surface area contributed by atoms with E-state index in [0.29, 0.717) is 5.15 Å². The van der Waals surface area contributed by atoms with Gasteiger partial charge in [-0.25, -0.2) is 4.98 Å². The lowest BCUT2D eigenvalue weighted by Gasteiger charge is -2.20. The van der Waals surface area contributed by atoms with Gasteiger partial charge in [-0.15, -0.1) is 11.3 Å². The SMILES string of the molecule is CCCCN(c1nc(Cl)cs1)C1CC1. The highest BCUT2D eigenvalue weighted by Crippen LogP contribution is 2.34. The summed E-state index contributed by atoms with van der Waals surface area (Å²) in [4.78, 5) is 6.75. The Morgan fingerprint density at radius 3 is 2.93 bits per heavy atom. The molecule has 2 nitrogen and oxygen atoms in total. The lowest BCUT2D eigenvalue weighted by atomic mass is 10.3. The number of thiazole rings is 1. The molecule has 1 aliphatic carbocycles. The summed E-state index contributed by atoms with van der Waals surface area (Å²) in [6.07, 6.45) is 5.12. The Hall–Kier alpha value is -0.280. The third-order valence-electron chi connectivity index (χ3n) is 2.45. The van der Waals surface area contributed by atoms with Crippen LogP contribution in [0.25, 0.3) is 0 Å². The number of rotatable bonds is 5. The van der Waals surface area contributed by atoms with Crippen LogP contribution in [0.2, 0.25) is 5.15 Å². The zero-order valence-electron chi connectivity index (χ0n) is 8.37. The highest BCUT2D eigenvalue weighted by atomic mass is 35.5. The zero-order valence-corrected chi connectivity index (χ0v) is 9.94. The van der Waals surface area contributed by atoms with Crippen molar-refractivity contribution < 1.29 is 0 Å². The molecule has 14 heavy (non-hydrogen) atoms. The lowest BCUT2D eigenvalue weighted by molar-refractivity contribution is 0.711. The van der Waals surface area contributed by atoms with Crippen LogP contribution in [0.15, 0.2) is 5.38 Å². The minimum Gasteiger partial charge on any atom is -0.345 e. The molecule has 0 spiro atoms. The third-order valence-corrected chi connectivity index (χ3v) is 3.65. The predicted molar refractivity (Wildman–Crippen MR) is 62.4 cm³/mol. The Balaban J connectivity index is 2.02. The van der Waals surface area contributed by atoms with E-state index in [9.17, 15) is 0 Å².